The van der Waals surface area contributed by atoms with Crippen molar-refractivity contribution in [3.63, 3.8) is 0 Å². The van der Waals surface area contributed by atoms with E-state index in [1.54, 1.807) is 12.1 Å². The van der Waals surface area contributed by atoms with Gasteiger partial charge in [-0.3, -0.25) is 0 Å². The van der Waals surface area contributed by atoms with Gasteiger partial charge in [-0.15, -0.1) is 0 Å². The summed E-state index contributed by atoms with van der Waals surface area (Å²) >= 11 is 0. The molecule has 0 atom stereocenters. The fourth-order valence-corrected chi connectivity index (χ4v) is 2.98. The highest BCUT2D eigenvalue weighted by atomic mass is 32.2. The third kappa shape index (κ3) is 1.67. The van der Waals surface area contributed by atoms with Crippen LogP contribution in [0.25, 0.3) is 11.1 Å². The summed E-state index contributed by atoms with van der Waals surface area (Å²) in [7, 11) is -3.13. The summed E-state index contributed by atoms with van der Waals surface area (Å²) in [6, 6.07) is 13.5. The second-order valence-corrected chi connectivity index (χ2v) is 6.44. The minimum atomic E-state index is -3.13. The van der Waals surface area contributed by atoms with Crippen LogP contribution in [0.4, 0.5) is 0 Å². The zero-order chi connectivity index (χ0) is 12.0. The van der Waals surface area contributed by atoms with Crippen molar-refractivity contribution >= 4 is 9.84 Å². The molecule has 17 heavy (non-hydrogen) atoms. The van der Waals surface area contributed by atoms with Gasteiger partial charge >= 0.3 is 0 Å². The summed E-state index contributed by atoms with van der Waals surface area (Å²) in [5.41, 5.74) is 4.70. The fraction of sp³-hybridized carbons (Fsp3) is 0.143. The van der Waals surface area contributed by atoms with Gasteiger partial charge in [-0.25, -0.2) is 8.42 Å². The first kappa shape index (κ1) is 10.5. The summed E-state index contributed by atoms with van der Waals surface area (Å²) in [6.45, 7) is 0. The summed E-state index contributed by atoms with van der Waals surface area (Å²) in [4.78, 5) is 0.396. The molecule has 1 aliphatic rings. The smallest absolute Gasteiger partial charge is 0.175 e. The molecule has 86 valence electrons. The van der Waals surface area contributed by atoms with Gasteiger partial charge in [-0.2, -0.15) is 0 Å². The molecule has 1 aliphatic carbocycles. The fourth-order valence-electron chi connectivity index (χ4n) is 2.33. The summed E-state index contributed by atoms with van der Waals surface area (Å²) < 4.78 is 23.1. The predicted molar refractivity (Wildman–Crippen MR) is 67.8 cm³/mol. The average Bonchev–Trinajstić information content (AvgIpc) is 2.65. The second kappa shape index (κ2) is 3.44. The number of rotatable bonds is 1. The van der Waals surface area contributed by atoms with Gasteiger partial charge in [0.1, 0.15) is 0 Å². The first-order valence-corrected chi connectivity index (χ1v) is 7.36. The Labute approximate surface area is 101 Å². The second-order valence-electron chi connectivity index (χ2n) is 4.43. The Morgan fingerprint density at radius 1 is 0.941 bits per heavy atom. The molecule has 0 amide bonds. The van der Waals surface area contributed by atoms with E-state index in [0.29, 0.717) is 4.90 Å². The maximum Gasteiger partial charge on any atom is 0.175 e. The largest absolute Gasteiger partial charge is 0.224 e. The van der Waals surface area contributed by atoms with Gasteiger partial charge in [-0.05, 0) is 40.8 Å². The Kier molecular flexibility index (Phi) is 2.13. The van der Waals surface area contributed by atoms with Gasteiger partial charge in [0.15, 0.2) is 9.84 Å². The molecule has 0 spiro atoms. The van der Waals surface area contributed by atoms with Crippen LogP contribution in [0.3, 0.4) is 0 Å². The molecule has 3 heteroatoms. The lowest BCUT2D eigenvalue weighted by Crippen LogP contribution is -1.97. The Morgan fingerprint density at radius 3 is 2.41 bits per heavy atom. The summed E-state index contributed by atoms with van der Waals surface area (Å²) in [5, 5.41) is 0. The number of hydrogen-bond donors (Lipinski definition) is 0. The van der Waals surface area contributed by atoms with E-state index in [1.165, 1.54) is 17.4 Å². The maximum absolute atomic E-state index is 11.5. The van der Waals surface area contributed by atoms with Crippen molar-refractivity contribution in [1.29, 1.82) is 0 Å². The van der Waals surface area contributed by atoms with Crippen LogP contribution in [0, 0.1) is 0 Å². The van der Waals surface area contributed by atoms with E-state index in [0.717, 1.165) is 17.5 Å². The van der Waals surface area contributed by atoms with Crippen LogP contribution in [0.1, 0.15) is 11.1 Å². The Balaban J connectivity index is 2.25. The van der Waals surface area contributed by atoms with Crippen LogP contribution >= 0.6 is 0 Å². The van der Waals surface area contributed by atoms with E-state index in [9.17, 15) is 8.42 Å². The van der Waals surface area contributed by atoms with Crippen LogP contribution in [0.5, 0.6) is 0 Å². The zero-order valence-corrected chi connectivity index (χ0v) is 10.3. The molecule has 0 bridgehead atoms. The molecular weight excluding hydrogens is 232 g/mol. The third-order valence-corrected chi connectivity index (χ3v) is 4.31. The molecule has 2 aromatic rings. The van der Waals surface area contributed by atoms with Gasteiger partial charge < -0.3 is 0 Å². The number of benzene rings is 2. The van der Waals surface area contributed by atoms with Crippen molar-refractivity contribution in [2.75, 3.05) is 6.26 Å². The molecule has 0 saturated carbocycles. The average molecular weight is 244 g/mol. The van der Waals surface area contributed by atoms with E-state index < -0.39 is 9.84 Å². The van der Waals surface area contributed by atoms with Crippen molar-refractivity contribution in [2.24, 2.45) is 0 Å². The van der Waals surface area contributed by atoms with E-state index in [1.807, 2.05) is 24.3 Å². The van der Waals surface area contributed by atoms with E-state index in [-0.39, 0.29) is 0 Å². The highest BCUT2D eigenvalue weighted by Crippen LogP contribution is 2.37. The molecule has 2 nitrogen and oxygen atoms in total. The molecule has 0 aliphatic heterocycles. The van der Waals surface area contributed by atoms with Crippen molar-refractivity contribution in [3.05, 3.63) is 53.6 Å². The standard InChI is InChI=1S/C14H12O2S/c1-17(15,16)12-7-6-11-8-10-4-2-3-5-13(10)14(11)9-12/h2-7,9H,8H2,1H3. The quantitative estimate of drug-likeness (QED) is 0.659. The normalized spacial score (nSPS) is 13.2. The van der Waals surface area contributed by atoms with Crippen LogP contribution in [0.15, 0.2) is 47.4 Å². The maximum atomic E-state index is 11.5. The molecule has 3 rings (SSSR count). The summed E-state index contributed by atoms with van der Waals surface area (Å²) in [6.07, 6.45) is 2.14. The molecule has 0 aromatic heterocycles. The van der Waals surface area contributed by atoms with Crippen molar-refractivity contribution in [3.8, 4) is 11.1 Å². The minimum Gasteiger partial charge on any atom is -0.224 e. The lowest BCUT2D eigenvalue weighted by atomic mass is 10.1. The van der Waals surface area contributed by atoms with Crippen molar-refractivity contribution in [2.45, 2.75) is 11.3 Å². The minimum absolute atomic E-state index is 0.396. The molecule has 0 heterocycles. The third-order valence-electron chi connectivity index (χ3n) is 3.20. The zero-order valence-electron chi connectivity index (χ0n) is 9.47. The van der Waals surface area contributed by atoms with E-state index in [2.05, 4.69) is 6.07 Å². The monoisotopic (exact) mass is 244 g/mol. The Bertz CT molecular complexity index is 700. The Morgan fingerprint density at radius 2 is 1.65 bits per heavy atom. The van der Waals surface area contributed by atoms with Gasteiger partial charge in [-0.1, -0.05) is 30.3 Å². The highest BCUT2D eigenvalue weighted by Gasteiger charge is 2.19. The molecule has 0 saturated heterocycles. The number of fused-ring (bicyclic) bond motifs is 3. The van der Waals surface area contributed by atoms with Crippen molar-refractivity contribution < 1.29 is 8.42 Å². The van der Waals surface area contributed by atoms with Crippen LogP contribution in [0.2, 0.25) is 0 Å². The lowest BCUT2D eigenvalue weighted by Gasteiger charge is -2.03. The summed E-state index contributed by atoms with van der Waals surface area (Å²) in [5.74, 6) is 0. The highest BCUT2D eigenvalue weighted by molar-refractivity contribution is 7.90. The SMILES string of the molecule is CS(=O)(=O)c1ccc2c(c1)-c1ccccc1C2. The predicted octanol–water partition coefficient (Wildman–Crippen LogP) is 2.66. The molecule has 0 unspecified atom stereocenters. The van der Waals surface area contributed by atoms with E-state index >= 15 is 0 Å². The van der Waals surface area contributed by atoms with Gasteiger partial charge in [0.2, 0.25) is 0 Å². The molecular formula is C14H12O2S. The molecule has 0 fully saturated rings. The first-order valence-electron chi connectivity index (χ1n) is 5.47. The van der Waals surface area contributed by atoms with Crippen molar-refractivity contribution in [1.82, 2.24) is 0 Å². The van der Waals surface area contributed by atoms with Gasteiger partial charge in [0.25, 0.3) is 0 Å². The molecule has 0 radical (unpaired) electrons. The van der Waals surface area contributed by atoms with Crippen LogP contribution in [-0.2, 0) is 16.3 Å². The topological polar surface area (TPSA) is 34.1 Å². The number of sulfone groups is 1. The lowest BCUT2D eigenvalue weighted by molar-refractivity contribution is 0.602. The number of hydrogen-bond acceptors (Lipinski definition) is 2. The van der Waals surface area contributed by atoms with Crippen LogP contribution in [-0.4, -0.2) is 14.7 Å². The van der Waals surface area contributed by atoms with Gasteiger partial charge in [0, 0.05) is 6.26 Å². The Hall–Kier alpha value is -1.61. The molecule has 0 N–H and O–H groups in total. The molecule has 2 aromatic carbocycles. The first-order chi connectivity index (χ1) is 8.05. The van der Waals surface area contributed by atoms with E-state index in [4.69, 9.17) is 0 Å². The van der Waals surface area contributed by atoms with Crippen LogP contribution < -0.4 is 0 Å². The van der Waals surface area contributed by atoms with Gasteiger partial charge in [0.05, 0.1) is 4.90 Å².